The summed E-state index contributed by atoms with van der Waals surface area (Å²) < 4.78 is 0. The highest BCUT2D eigenvalue weighted by molar-refractivity contribution is 4.91. The average Bonchev–Trinajstić information content (AvgIpc) is 2.84. The van der Waals surface area contributed by atoms with Gasteiger partial charge in [-0.05, 0) is 46.2 Å². The van der Waals surface area contributed by atoms with Crippen molar-refractivity contribution >= 4 is 0 Å². The smallest absolute Gasteiger partial charge is 0.0278 e. The van der Waals surface area contributed by atoms with Gasteiger partial charge in [0.15, 0.2) is 0 Å². The minimum Gasteiger partial charge on any atom is -0.330 e. The first kappa shape index (κ1) is 15.2. The quantitative estimate of drug-likeness (QED) is 0.771. The number of nitrogens with one attached hydrogen (secondary N) is 1. The molecule has 1 saturated carbocycles. The van der Waals surface area contributed by atoms with E-state index < -0.39 is 0 Å². The van der Waals surface area contributed by atoms with Crippen molar-refractivity contribution in [1.29, 1.82) is 0 Å². The van der Waals surface area contributed by atoms with E-state index in [4.69, 9.17) is 5.73 Å². The summed E-state index contributed by atoms with van der Waals surface area (Å²) in [7, 11) is 2.22. The molecule has 0 aromatic heterocycles. The minimum atomic E-state index is 0.253. The van der Waals surface area contributed by atoms with Crippen molar-refractivity contribution in [3.05, 3.63) is 0 Å². The maximum absolute atomic E-state index is 5.87. The van der Waals surface area contributed by atoms with Crippen molar-refractivity contribution in [3.8, 4) is 0 Å². The molecule has 0 amide bonds. The summed E-state index contributed by atoms with van der Waals surface area (Å²) >= 11 is 0. The molecule has 3 N–H and O–H groups in total. The molecule has 0 spiro atoms. The molecule has 2 atom stereocenters. The van der Waals surface area contributed by atoms with Crippen LogP contribution in [0.5, 0.6) is 0 Å². The Hall–Kier alpha value is -0.160. The molecule has 2 fully saturated rings. The maximum atomic E-state index is 5.87. The van der Waals surface area contributed by atoms with E-state index in [2.05, 4.69) is 36.0 Å². The van der Waals surface area contributed by atoms with Crippen molar-refractivity contribution in [3.63, 3.8) is 0 Å². The van der Waals surface area contributed by atoms with Crippen molar-refractivity contribution in [2.24, 2.45) is 11.7 Å². The van der Waals surface area contributed by atoms with Crippen molar-refractivity contribution in [2.75, 3.05) is 46.3 Å². The van der Waals surface area contributed by atoms with Crippen LogP contribution in [0.15, 0.2) is 0 Å². The molecule has 1 aliphatic carbocycles. The number of hydrogen-bond donors (Lipinski definition) is 2. The molecule has 4 heteroatoms. The SMILES string of the molecule is CN1CCN(C(C)(C)CNC2CCCC2CN)CC1. The number of nitrogens with zero attached hydrogens (tertiary/aromatic N) is 2. The van der Waals surface area contributed by atoms with E-state index >= 15 is 0 Å². The highest BCUT2D eigenvalue weighted by Crippen LogP contribution is 2.25. The molecule has 2 unspecified atom stereocenters. The van der Waals surface area contributed by atoms with Crippen LogP contribution in [-0.4, -0.2) is 67.7 Å². The third kappa shape index (κ3) is 3.91. The fourth-order valence-corrected chi connectivity index (χ4v) is 3.49. The second-order valence-electron chi connectivity index (χ2n) is 7.02. The summed E-state index contributed by atoms with van der Waals surface area (Å²) in [5, 5.41) is 3.80. The zero-order valence-electron chi connectivity index (χ0n) is 13.0. The molecule has 0 aromatic rings. The van der Waals surface area contributed by atoms with Gasteiger partial charge in [-0.1, -0.05) is 6.42 Å². The van der Waals surface area contributed by atoms with Crippen molar-refractivity contribution in [1.82, 2.24) is 15.1 Å². The van der Waals surface area contributed by atoms with Crippen LogP contribution in [0, 0.1) is 5.92 Å². The first-order valence-corrected chi connectivity index (χ1v) is 7.90. The Kier molecular flexibility index (Phi) is 5.23. The van der Waals surface area contributed by atoms with E-state index in [0.29, 0.717) is 12.0 Å². The van der Waals surface area contributed by atoms with E-state index in [1.807, 2.05) is 0 Å². The van der Waals surface area contributed by atoms with Crippen LogP contribution < -0.4 is 11.1 Å². The number of rotatable bonds is 5. The summed E-state index contributed by atoms with van der Waals surface area (Å²) in [5.41, 5.74) is 6.12. The van der Waals surface area contributed by atoms with Crippen LogP contribution in [0.25, 0.3) is 0 Å². The highest BCUT2D eigenvalue weighted by Gasteiger charge is 2.32. The summed E-state index contributed by atoms with van der Waals surface area (Å²) in [6.07, 6.45) is 3.96. The van der Waals surface area contributed by atoms with Gasteiger partial charge in [-0.2, -0.15) is 0 Å². The van der Waals surface area contributed by atoms with Gasteiger partial charge < -0.3 is 16.0 Å². The lowest BCUT2D eigenvalue weighted by atomic mass is 9.98. The summed E-state index contributed by atoms with van der Waals surface area (Å²) in [4.78, 5) is 5.05. The van der Waals surface area contributed by atoms with Gasteiger partial charge in [-0.25, -0.2) is 0 Å². The Morgan fingerprint density at radius 2 is 1.84 bits per heavy atom. The maximum Gasteiger partial charge on any atom is 0.0278 e. The van der Waals surface area contributed by atoms with Gasteiger partial charge in [-0.15, -0.1) is 0 Å². The van der Waals surface area contributed by atoms with Gasteiger partial charge in [0.1, 0.15) is 0 Å². The standard InChI is InChI=1S/C15H32N4/c1-15(2,19-9-7-18(3)8-10-19)12-17-14-6-4-5-13(14)11-16/h13-14,17H,4-12,16H2,1-3H3. The van der Waals surface area contributed by atoms with Gasteiger partial charge in [-0.3, -0.25) is 4.90 Å². The topological polar surface area (TPSA) is 44.5 Å². The molecule has 0 radical (unpaired) electrons. The van der Waals surface area contributed by atoms with Crippen LogP contribution in [0.3, 0.4) is 0 Å². The number of likely N-dealkylation sites (N-methyl/N-ethyl adjacent to an activating group) is 1. The third-order valence-electron chi connectivity index (χ3n) is 5.12. The second-order valence-corrected chi connectivity index (χ2v) is 7.02. The van der Waals surface area contributed by atoms with Gasteiger partial charge in [0, 0.05) is 44.3 Å². The first-order chi connectivity index (χ1) is 9.03. The lowest BCUT2D eigenvalue weighted by Gasteiger charge is -2.44. The Morgan fingerprint density at radius 1 is 1.16 bits per heavy atom. The van der Waals surface area contributed by atoms with Crippen LogP contribution in [-0.2, 0) is 0 Å². The predicted molar refractivity (Wildman–Crippen MR) is 81.3 cm³/mol. The first-order valence-electron chi connectivity index (χ1n) is 7.90. The third-order valence-corrected chi connectivity index (χ3v) is 5.12. The Balaban J connectivity index is 1.80. The largest absolute Gasteiger partial charge is 0.330 e. The van der Waals surface area contributed by atoms with E-state index in [-0.39, 0.29) is 5.54 Å². The predicted octanol–water partition coefficient (Wildman–Crippen LogP) is 0.729. The lowest BCUT2D eigenvalue weighted by molar-refractivity contribution is 0.0593. The normalized spacial score (nSPS) is 30.9. The van der Waals surface area contributed by atoms with E-state index in [1.165, 1.54) is 45.4 Å². The number of nitrogens with two attached hydrogens (primary N) is 1. The summed E-state index contributed by atoms with van der Waals surface area (Å²) in [5.74, 6) is 0.697. The zero-order valence-corrected chi connectivity index (χ0v) is 13.0. The molecule has 2 aliphatic rings. The fourth-order valence-electron chi connectivity index (χ4n) is 3.49. The molecule has 112 valence electrons. The van der Waals surface area contributed by atoms with Crippen LogP contribution in [0.2, 0.25) is 0 Å². The second kappa shape index (κ2) is 6.53. The molecule has 1 aliphatic heterocycles. The molecule has 0 aromatic carbocycles. The monoisotopic (exact) mass is 268 g/mol. The highest BCUT2D eigenvalue weighted by atomic mass is 15.3. The van der Waals surface area contributed by atoms with Crippen molar-refractivity contribution < 1.29 is 0 Å². The number of piperazine rings is 1. The number of hydrogen-bond acceptors (Lipinski definition) is 4. The Labute approximate surface area is 118 Å². The van der Waals surface area contributed by atoms with Crippen LogP contribution >= 0.6 is 0 Å². The average molecular weight is 268 g/mol. The van der Waals surface area contributed by atoms with E-state index in [9.17, 15) is 0 Å². The Morgan fingerprint density at radius 3 is 2.47 bits per heavy atom. The molecule has 19 heavy (non-hydrogen) atoms. The van der Waals surface area contributed by atoms with Gasteiger partial charge >= 0.3 is 0 Å². The minimum absolute atomic E-state index is 0.253. The van der Waals surface area contributed by atoms with E-state index in [0.717, 1.165) is 13.1 Å². The molecule has 4 nitrogen and oxygen atoms in total. The lowest BCUT2D eigenvalue weighted by Crippen LogP contribution is -2.58. The van der Waals surface area contributed by atoms with Crippen LogP contribution in [0.4, 0.5) is 0 Å². The zero-order chi connectivity index (χ0) is 13.9. The Bertz CT molecular complexity index is 271. The van der Waals surface area contributed by atoms with Crippen LogP contribution in [0.1, 0.15) is 33.1 Å². The molecule has 1 heterocycles. The fraction of sp³-hybridized carbons (Fsp3) is 1.00. The molecule has 1 saturated heterocycles. The van der Waals surface area contributed by atoms with E-state index in [1.54, 1.807) is 0 Å². The molecular formula is C15H32N4. The van der Waals surface area contributed by atoms with Gasteiger partial charge in [0.05, 0.1) is 0 Å². The molecule has 2 rings (SSSR count). The molecule has 0 bridgehead atoms. The summed E-state index contributed by atoms with van der Waals surface area (Å²) in [6.45, 7) is 11.4. The van der Waals surface area contributed by atoms with Gasteiger partial charge in [0.25, 0.3) is 0 Å². The van der Waals surface area contributed by atoms with Gasteiger partial charge in [0.2, 0.25) is 0 Å². The van der Waals surface area contributed by atoms with Crippen molar-refractivity contribution in [2.45, 2.75) is 44.7 Å². The summed E-state index contributed by atoms with van der Waals surface area (Å²) in [6, 6.07) is 0.650. The molecular weight excluding hydrogens is 236 g/mol.